The van der Waals surface area contributed by atoms with Crippen molar-refractivity contribution in [2.45, 2.75) is 19.6 Å². The molecule has 1 unspecified atom stereocenters. The van der Waals surface area contributed by atoms with E-state index in [0.717, 1.165) is 5.56 Å². The Morgan fingerprint density at radius 1 is 1.38 bits per heavy atom. The molecule has 2 rings (SSSR count). The summed E-state index contributed by atoms with van der Waals surface area (Å²) in [5.74, 6) is 0.0693. The SMILES string of the molecule is CC1CS(=O)(=O)N(Cc2ccccc2)CO1. The Morgan fingerprint density at radius 3 is 2.69 bits per heavy atom. The largest absolute Gasteiger partial charge is 0.361 e. The molecule has 0 aromatic heterocycles. The zero-order valence-corrected chi connectivity index (χ0v) is 9.98. The number of rotatable bonds is 2. The van der Waals surface area contributed by atoms with Crippen molar-refractivity contribution in [1.82, 2.24) is 4.31 Å². The van der Waals surface area contributed by atoms with E-state index in [9.17, 15) is 8.42 Å². The lowest BCUT2D eigenvalue weighted by Gasteiger charge is -2.29. The first kappa shape index (κ1) is 11.6. The summed E-state index contributed by atoms with van der Waals surface area (Å²) < 4.78 is 30.4. The Morgan fingerprint density at radius 2 is 2.06 bits per heavy atom. The number of sulfonamides is 1. The van der Waals surface area contributed by atoms with E-state index in [0.29, 0.717) is 6.54 Å². The topological polar surface area (TPSA) is 46.6 Å². The predicted octanol–water partition coefficient (Wildman–Crippen LogP) is 1.19. The van der Waals surface area contributed by atoms with Crippen LogP contribution in [0.4, 0.5) is 0 Å². The van der Waals surface area contributed by atoms with Gasteiger partial charge in [-0.25, -0.2) is 8.42 Å². The van der Waals surface area contributed by atoms with Crippen molar-refractivity contribution in [2.75, 3.05) is 12.5 Å². The molecule has 1 aliphatic heterocycles. The van der Waals surface area contributed by atoms with Crippen molar-refractivity contribution in [2.24, 2.45) is 0 Å². The zero-order valence-electron chi connectivity index (χ0n) is 9.17. The smallest absolute Gasteiger partial charge is 0.218 e. The van der Waals surface area contributed by atoms with Crippen LogP contribution in [0.1, 0.15) is 12.5 Å². The number of hydrogen-bond acceptors (Lipinski definition) is 3. The van der Waals surface area contributed by atoms with Gasteiger partial charge in [0.05, 0.1) is 11.9 Å². The summed E-state index contributed by atoms with van der Waals surface area (Å²) >= 11 is 0. The highest BCUT2D eigenvalue weighted by Gasteiger charge is 2.30. The third-order valence-electron chi connectivity index (χ3n) is 2.54. The van der Waals surface area contributed by atoms with E-state index in [-0.39, 0.29) is 18.6 Å². The molecule has 0 bridgehead atoms. The van der Waals surface area contributed by atoms with E-state index in [1.807, 2.05) is 30.3 Å². The quantitative estimate of drug-likeness (QED) is 0.781. The first-order chi connectivity index (χ1) is 7.58. The van der Waals surface area contributed by atoms with Gasteiger partial charge in [0.25, 0.3) is 0 Å². The van der Waals surface area contributed by atoms with Crippen LogP contribution in [0.2, 0.25) is 0 Å². The molecule has 1 atom stereocenters. The van der Waals surface area contributed by atoms with Crippen LogP contribution in [-0.2, 0) is 21.3 Å². The summed E-state index contributed by atoms with van der Waals surface area (Å²) in [6.45, 7) is 2.31. The molecule has 1 heterocycles. The maximum Gasteiger partial charge on any atom is 0.218 e. The van der Waals surface area contributed by atoms with Crippen molar-refractivity contribution in [3.05, 3.63) is 35.9 Å². The molecular formula is C11H15NO3S. The van der Waals surface area contributed by atoms with Crippen molar-refractivity contribution >= 4 is 10.0 Å². The molecule has 1 aromatic carbocycles. The van der Waals surface area contributed by atoms with Crippen LogP contribution in [-0.4, -0.2) is 31.3 Å². The molecule has 0 radical (unpaired) electrons. The van der Waals surface area contributed by atoms with Gasteiger partial charge in [0.2, 0.25) is 10.0 Å². The first-order valence-electron chi connectivity index (χ1n) is 5.21. The molecule has 0 aliphatic carbocycles. The number of hydrogen-bond donors (Lipinski definition) is 0. The van der Waals surface area contributed by atoms with Crippen LogP contribution in [0.3, 0.4) is 0 Å². The van der Waals surface area contributed by atoms with Gasteiger partial charge in [-0.05, 0) is 12.5 Å². The minimum absolute atomic E-state index is 0.0693. The average molecular weight is 241 g/mol. The van der Waals surface area contributed by atoms with Gasteiger partial charge in [-0.1, -0.05) is 30.3 Å². The first-order valence-corrected chi connectivity index (χ1v) is 6.82. The van der Waals surface area contributed by atoms with E-state index < -0.39 is 10.0 Å². The normalized spacial score (nSPS) is 25.4. The Kier molecular flexibility index (Phi) is 3.28. The van der Waals surface area contributed by atoms with Gasteiger partial charge in [0.15, 0.2) is 0 Å². The van der Waals surface area contributed by atoms with Gasteiger partial charge in [-0.3, -0.25) is 0 Å². The molecule has 1 saturated heterocycles. The molecule has 4 nitrogen and oxygen atoms in total. The molecule has 1 fully saturated rings. The van der Waals surface area contributed by atoms with E-state index >= 15 is 0 Å². The summed E-state index contributed by atoms with van der Waals surface area (Å²) in [4.78, 5) is 0. The van der Waals surface area contributed by atoms with Crippen LogP contribution in [0, 0.1) is 0 Å². The lowest BCUT2D eigenvalue weighted by atomic mass is 10.2. The lowest BCUT2D eigenvalue weighted by Crippen LogP contribution is -2.44. The Hall–Kier alpha value is -0.910. The van der Waals surface area contributed by atoms with Gasteiger partial charge >= 0.3 is 0 Å². The predicted molar refractivity (Wildman–Crippen MR) is 61.2 cm³/mol. The third-order valence-corrected chi connectivity index (χ3v) is 4.46. The fourth-order valence-electron chi connectivity index (χ4n) is 1.67. The van der Waals surface area contributed by atoms with E-state index in [1.54, 1.807) is 6.92 Å². The third kappa shape index (κ3) is 2.61. The van der Waals surface area contributed by atoms with Crippen LogP contribution in [0.15, 0.2) is 30.3 Å². The second kappa shape index (κ2) is 4.53. The number of benzene rings is 1. The fraction of sp³-hybridized carbons (Fsp3) is 0.455. The molecule has 1 aromatic rings. The Bertz CT molecular complexity index is 444. The highest BCUT2D eigenvalue weighted by Crippen LogP contribution is 2.16. The molecule has 0 saturated carbocycles. The minimum atomic E-state index is -3.16. The van der Waals surface area contributed by atoms with Crippen molar-refractivity contribution in [1.29, 1.82) is 0 Å². The second-order valence-corrected chi connectivity index (χ2v) is 5.99. The van der Waals surface area contributed by atoms with Crippen molar-refractivity contribution in [3.63, 3.8) is 0 Å². The second-order valence-electron chi connectivity index (χ2n) is 3.98. The average Bonchev–Trinajstić information content (AvgIpc) is 2.23. The standard InChI is InChI=1S/C11H15NO3S/c1-10-8-16(13,14)12(9-15-10)7-11-5-3-2-4-6-11/h2-6,10H,7-9H2,1H3. The van der Waals surface area contributed by atoms with Gasteiger partial charge in [0.1, 0.15) is 6.73 Å². The summed E-state index contributed by atoms with van der Waals surface area (Å²) in [6.07, 6.45) is -0.211. The molecule has 0 amide bonds. The highest BCUT2D eigenvalue weighted by atomic mass is 32.2. The molecule has 88 valence electrons. The molecule has 5 heteroatoms. The number of nitrogens with zero attached hydrogens (tertiary/aromatic N) is 1. The number of ether oxygens (including phenoxy) is 1. The molecule has 0 N–H and O–H groups in total. The van der Waals surface area contributed by atoms with Crippen molar-refractivity contribution in [3.8, 4) is 0 Å². The Labute approximate surface area is 95.9 Å². The minimum Gasteiger partial charge on any atom is -0.361 e. The van der Waals surface area contributed by atoms with Gasteiger partial charge in [0, 0.05) is 6.54 Å². The summed E-state index contributed by atoms with van der Waals surface area (Å²) in [5, 5.41) is 0. The molecule has 16 heavy (non-hydrogen) atoms. The monoisotopic (exact) mass is 241 g/mol. The van der Waals surface area contributed by atoms with Crippen LogP contribution in [0.5, 0.6) is 0 Å². The molecule has 1 aliphatic rings. The molecule has 0 spiro atoms. The zero-order chi connectivity index (χ0) is 11.6. The summed E-state index contributed by atoms with van der Waals surface area (Å²) in [7, 11) is -3.16. The van der Waals surface area contributed by atoms with Gasteiger partial charge < -0.3 is 4.74 Å². The molecular weight excluding hydrogens is 226 g/mol. The van der Waals surface area contributed by atoms with E-state index in [4.69, 9.17) is 4.74 Å². The van der Waals surface area contributed by atoms with E-state index in [1.165, 1.54) is 4.31 Å². The van der Waals surface area contributed by atoms with Crippen LogP contribution < -0.4 is 0 Å². The highest BCUT2D eigenvalue weighted by molar-refractivity contribution is 7.89. The van der Waals surface area contributed by atoms with Gasteiger partial charge in [-0.2, -0.15) is 4.31 Å². The Balaban J connectivity index is 2.11. The van der Waals surface area contributed by atoms with Crippen molar-refractivity contribution < 1.29 is 13.2 Å². The van der Waals surface area contributed by atoms with Gasteiger partial charge in [-0.15, -0.1) is 0 Å². The van der Waals surface area contributed by atoms with E-state index in [2.05, 4.69) is 0 Å². The lowest BCUT2D eigenvalue weighted by molar-refractivity contribution is 0.0113. The van der Waals surface area contributed by atoms with Crippen LogP contribution >= 0.6 is 0 Å². The fourth-order valence-corrected chi connectivity index (χ4v) is 3.14. The maximum absolute atomic E-state index is 11.8. The summed E-state index contributed by atoms with van der Waals surface area (Å²) in [6, 6.07) is 9.53. The maximum atomic E-state index is 11.8. The van der Waals surface area contributed by atoms with Crippen LogP contribution in [0.25, 0.3) is 0 Å². The summed E-state index contributed by atoms with van der Waals surface area (Å²) in [5.41, 5.74) is 0.976.